The van der Waals surface area contributed by atoms with E-state index in [4.69, 9.17) is 0 Å². The number of nitrogens with one attached hydrogen (secondary N) is 1. The number of piperidine rings is 1. The van der Waals surface area contributed by atoms with Gasteiger partial charge in [0.25, 0.3) is 5.91 Å². The van der Waals surface area contributed by atoms with Crippen molar-refractivity contribution in [3.63, 3.8) is 0 Å². The number of anilines is 2. The molecule has 1 N–H and O–H groups in total. The molecule has 0 bridgehead atoms. The molecule has 2 aliphatic heterocycles. The van der Waals surface area contributed by atoms with Crippen molar-refractivity contribution in [1.29, 1.82) is 0 Å². The minimum Gasteiger partial charge on any atom is -0.322 e. The predicted molar refractivity (Wildman–Crippen MR) is 127 cm³/mol. The highest BCUT2D eigenvalue weighted by atomic mass is 32.2. The van der Waals surface area contributed by atoms with E-state index in [1.165, 1.54) is 11.8 Å². The van der Waals surface area contributed by atoms with Crippen LogP contribution in [-0.2, 0) is 21.2 Å². The molecule has 2 aromatic rings. The van der Waals surface area contributed by atoms with Crippen molar-refractivity contribution in [3.8, 4) is 0 Å². The maximum atomic E-state index is 13.3. The Balaban J connectivity index is 1.61. The van der Waals surface area contributed by atoms with Gasteiger partial charge in [-0.15, -0.1) is 11.8 Å². The molecule has 0 saturated carbocycles. The molecule has 1 saturated heterocycles. The summed E-state index contributed by atoms with van der Waals surface area (Å²) in [6.07, 6.45) is 3.36. The second-order valence-corrected chi connectivity index (χ2v) is 10.9. The third kappa shape index (κ3) is 4.42. The number of carbonyl (C=O) groups is 2. The monoisotopic (exact) mass is 473 g/mol. The zero-order chi connectivity index (χ0) is 22.9. The Hall–Kier alpha value is -2.36. The summed E-state index contributed by atoms with van der Waals surface area (Å²) in [6.45, 7) is 2.98. The molecule has 2 heterocycles. The number of thioether (sulfide) groups is 1. The van der Waals surface area contributed by atoms with Gasteiger partial charge in [-0.3, -0.25) is 9.59 Å². The largest absolute Gasteiger partial charge is 0.322 e. The van der Waals surface area contributed by atoms with Crippen LogP contribution in [0.2, 0.25) is 0 Å². The maximum absolute atomic E-state index is 13.3. The van der Waals surface area contributed by atoms with Crippen LogP contribution in [0.1, 0.15) is 42.1 Å². The van der Waals surface area contributed by atoms with Gasteiger partial charge in [0.15, 0.2) is 0 Å². The molecule has 2 amide bonds. The number of rotatable bonds is 5. The van der Waals surface area contributed by atoms with E-state index < -0.39 is 10.0 Å². The van der Waals surface area contributed by atoms with Gasteiger partial charge in [0.1, 0.15) is 0 Å². The molecule has 0 atom stereocenters. The van der Waals surface area contributed by atoms with Crippen LogP contribution >= 0.6 is 11.8 Å². The molecule has 32 heavy (non-hydrogen) atoms. The lowest BCUT2D eigenvalue weighted by Gasteiger charge is -2.27. The van der Waals surface area contributed by atoms with Crippen LogP contribution in [0.25, 0.3) is 0 Å². The summed E-state index contributed by atoms with van der Waals surface area (Å²) in [4.78, 5) is 27.7. The Morgan fingerprint density at radius 2 is 1.84 bits per heavy atom. The van der Waals surface area contributed by atoms with Crippen molar-refractivity contribution < 1.29 is 18.0 Å². The normalized spacial score (nSPS) is 17.2. The quantitative estimate of drug-likeness (QED) is 0.715. The fourth-order valence-corrected chi connectivity index (χ4v) is 6.84. The average molecular weight is 474 g/mol. The summed E-state index contributed by atoms with van der Waals surface area (Å²) in [5.41, 5.74) is 2.28. The molecule has 0 spiro atoms. The summed E-state index contributed by atoms with van der Waals surface area (Å²) >= 11 is 1.45. The first-order chi connectivity index (χ1) is 15.3. The van der Waals surface area contributed by atoms with Gasteiger partial charge in [-0.1, -0.05) is 19.4 Å². The Morgan fingerprint density at radius 3 is 2.56 bits per heavy atom. The number of benzene rings is 2. The molecule has 2 aromatic carbocycles. The third-order valence-electron chi connectivity index (χ3n) is 5.95. The molecule has 0 radical (unpaired) electrons. The molecule has 4 rings (SSSR count). The van der Waals surface area contributed by atoms with Crippen LogP contribution in [0.5, 0.6) is 0 Å². The standard InChI is InChI=1S/C23H27N3O4S2/c1-3-16-7-9-18(14-21(16)32(29,30)26-11-5-4-6-12-26)24-23(28)17-8-10-20-19(13-17)25(2)22(27)15-31-20/h7-10,13-14H,3-6,11-12,15H2,1-2H3,(H,24,28). The van der Waals surface area contributed by atoms with Crippen molar-refractivity contribution in [1.82, 2.24) is 4.31 Å². The van der Waals surface area contributed by atoms with E-state index >= 15 is 0 Å². The number of fused-ring (bicyclic) bond motifs is 1. The first kappa shape index (κ1) is 22.8. The van der Waals surface area contributed by atoms with Crippen molar-refractivity contribution in [2.75, 3.05) is 36.1 Å². The third-order valence-corrected chi connectivity index (χ3v) is 8.97. The van der Waals surface area contributed by atoms with E-state index in [1.807, 2.05) is 13.0 Å². The van der Waals surface area contributed by atoms with Crippen LogP contribution in [0.15, 0.2) is 46.2 Å². The SMILES string of the molecule is CCc1ccc(NC(=O)c2ccc3c(c2)N(C)C(=O)CS3)cc1S(=O)(=O)N1CCCCC1. The van der Waals surface area contributed by atoms with Crippen LogP contribution in [-0.4, -0.2) is 50.4 Å². The zero-order valence-corrected chi connectivity index (χ0v) is 19.9. The van der Waals surface area contributed by atoms with Gasteiger partial charge in [-0.25, -0.2) is 8.42 Å². The highest BCUT2D eigenvalue weighted by Gasteiger charge is 2.28. The summed E-state index contributed by atoms with van der Waals surface area (Å²) < 4.78 is 28.1. The van der Waals surface area contributed by atoms with Crippen molar-refractivity contribution in [2.45, 2.75) is 42.4 Å². The fourth-order valence-electron chi connectivity index (χ4n) is 4.03. The maximum Gasteiger partial charge on any atom is 0.255 e. The summed E-state index contributed by atoms with van der Waals surface area (Å²) in [5.74, 6) is 0.0187. The molecule has 1 fully saturated rings. The Bertz CT molecular complexity index is 1160. The highest BCUT2D eigenvalue weighted by Crippen LogP contribution is 2.35. The molecule has 7 nitrogen and oxygen atoms in total. The number of aryl methyl sites for hydroxylation is 1. The number of sulfonamides is 1. The molecule has 9 heteroatoms. The Morgan fingerprint density at radius 1 is 1.09 bits per heavy atom. The summed E-state index contributed by atoms with van der Waals surface area (Å²) in [5, 5.41) is 2.83. The van der Waals surface area contributed by atoms with Crippen LogP contribution in [0, 0.1) is 0 Å². The molecular weight excluding hydrogens is 446 g/mol. The van der Waals surface area contributed by atoms with Crippen LogP contribution in [0.3, 0.4) is 0 Å². The predicted octanol–water partition coefficient (Wildman–Crippen LogP) is 3.74. The van der Waals surface area contributed by atoms with E-state index in [1.54, 1.807) is 46.6 Å². The topological polar surface area (TPSA) is 86.8 Å². The lowest BCUT2D eigenvalue weighted by atomic mass is 10.1. The van der Waals surface area contributed by atoms with Crippen molar-refractivity contribution >= 4 is 45.0 Å². The first-order valence-corrected chi connectivity index (χ1v) is 13.2. The van der Waals surface area contributed by atoms with Gasteiger partial charge in [-0.2, -0.15) is 4.31 Å². The molecular formula is C23H27N3O4S2. The second kappa shape index (κ2) is 9.25. The molecule has 0 aliphatic carbocycles. The van der Waals surface area contributed by atoms with Gasteiger partial charge in [0, 0.05) is 36.3 Å². The second-order valence-electron chi connectivity index (χ2n) is 8.02. The van der Waals surface area contributed by atoms with Gasteiger partial charge in [0.2, 0.25) is 15.9 Å². The zero-order valence-electron chi connectivity index (χ0n) is 18.3. The van der Waals surface area contributed by atoms with Crippen molar-refractivity contribution in [2.24, 2.45) is 0 Å². The van der Waals surface area contributed by atoms with Gasteiger partial charge >= 0.3 is 0 Å². The minimum atomic E-state index is -3.62. The number of amides is 2. The van der Waals surface area contributed by atoms with Crippen LogP contribution < -0.4 is 10.2 Å². The fraction of sp³-hybridized carbons (Fsp3) is 0.391. The Labute approximate surface area is 193 Å². The molecule has 2 aliphatic rings. The molecule has 0 unspecified atom stereocenters. The van der Waals surface area contributed by atoms with Crippen molar-refractivity contribution in [3.05, 3.63) is 47.5 Å². The Kier molecular flexibility index (Phi) is 6.60. The lowest BCUT2D eigenvalue weighted by Crippen LogP contribution is -2.36. The van der Waals surface area contributed by atoms with E-state index in [0.717, 1.165) is 29.7 Å². The minimum absolute atomic E-state index is 0.0113. The van der Waals surface area contributed by atoms with E-state index in [-0.39, 0.29) is 16.7 Å². The van der Waals surface area contributed by atoms with Gasteiger partial charge in [-0.05, 0) is 55.2 Å². The highest BCUT2D eigenvalue weighted by molar-refractivity contribution is 8.00. The summed E-state index contributed by atoms with van der Waals surface area (Å²) in [7, 11) is -1.92. The number of nitrogens with zero attached hydrogens (tertiary/aromatic N) is 2. The number of hydrogen-bond acceptors (Lipinski definition) is 5. The number of carbonyl (C=O) groups excluding carboxylic acids is 2. The number of hydrogen-bond donors (Lipinski definition) is 1. The van der Waals surface area contributed by atoms with E-state index in [0.29, 0.717) is 42.2 Å². The lowest BCUT2D eigenvalue weighted by molar-refractivity contribution is -0.116. The molecule has 170 valence electrons. The van der Waals surface area contributed by atoms with Crippen LogP contribution in [0.4, 0.5) is 11.4 Å². The smallest absolute Gasteiger partial charge is 0.255 e. The van der Waals surface area contributed by atoms with E-state index in [9.17, 15) is 18.0 Å². The molecule has 0 aromatic heterocycles. The van der Waals surface area contributed by atoms with Gasteiger partial charge < -0.3 is 10.2 Å². The first-order valence-electron chi connectivity index (χ1n) is 10.8. The van der Waals surface area contributed by atoms with E-state index in [2.05, 4.69) is 5.32 Å². The average Bonchev–Trinajstić information content (AvgIpc) is 2.81. The van der Waals surface area contributed by atoms with Gasteiger partial charge in [0.05, 0.1) is 16.3 Å². The summed E-state index contributed by atoms with van der Waals surface area (Å²) in [6, 6.07) is 10.3.